The molecule has 0 unspecified atom stereocenters. The Hall–Kier alpha value is -0.900. The maximum Gasteiger partial charge on any atom is 0.203 e. The Bertz CT molecular complexity index is 326. The molecule has 0 aromatic rings. The summed E-state index contributed by atoms with van der Waals surface area (Å²) in [5.41, 5.74) is 0.531. The minimum absolute atomic E-state index is 0.0843. The maximum atomic E-state index is 11.3. The van der Waals surface area contributed by atoms with Gasteiger partial charge in [0.2, 0.25) is 5.78 Å². The van der Waals surface area contributed by atoms with E-state index in [1.807, 2.05) is 4.90 Å². The van der Waals surface area contributed by atoms with Crippen molar-refractivity contribution in [3.8, 4) is 0 Å². The molecule has 0 radical (unpaired) electrons. The van der Waals surface area contributed by atoms with Crippen LogP contribution in [0.15, 0.2) is 22.3 Å². The maximum absolute atomic E-state index is 11.3. The minimum atomic E-state index is -0.128. The van der Waals surface area contributed by atoms with Crippen LogP contribution >= 0.6 is 15.9 Å². The Morgan fingerprint density at radius 2 is 1.83 bits per heavy atom. The Kier molecular flexibility index (Phi) is 1.65. The van der Waals surface area contributed by atoms with Crippen molar-refractivity contribution in [1.82, 2.24) is 4.90 Å². The lowest BCUT2D eigenvalue weighted by molar-refractivity contribution is -0.115. The van der Waals surface area contributed by atoms with Crippen LogP contribution in [-0.4, -0.2) is 29.6 Å². The molecule has 4 heteroatoms. The third-order valence-electron chi connectivity index (χ3n) is 1.80. The standard InChI is InChI=1S/C8H6BrNO2/c9-5-3-8(12)6(4-7(5)11)10-1-2-10/h3-4H,1-2H2. The topological polar surface area (TPSA) is 37.1 Å². The Morgan fingerprint density at radius 3 is 2.42 bits per heavy atom. The highest BCUT2D eigenvalue weighted by atomic mass is 79.9. The van der Waals surface area contributed by atoms with E-state index in [-0.39, 0.29) is 11.6 Å². The molecule has 3 nitrogen and oxygen atoms in total. The van der Waals surface area contributed by atoms with Crippen molar-refractivity contribution < 1.29 is 9.59 Å². The van der Waals surface area contributed by atoms with E-state index >= 15 is 0 Å². The second kappa shape index (κ2) is 2.55. The van der Waals surface area contributed by atoms with Crippen molar-refractivity contribution >= 4 is 27.5 Å². The molecule has 1 fully saturated rings. The first-order chi connectivity index (χ1) is 5.68. The van der Waals surface area contributed by atoms with Crippen molar-refractivity contribution in [2.75, 3.05) is 13.1 Å². The van der Waals surface area contributed by atoms with Crippen molar-refractivity contribution in [2.24, 2.45) is 0 Å². The van der Waals surface area contributed by atoms with E-state index in [1.165, 1.54) is 12.2 Å². The summed E-state index contributed by atoms with van der Waals surface area (Å²) in [5.74, 6) is -0.213. The number of allylic oxidation sites excluding steroid dienone is 3. The number of hydrogen-bond acceptors (Lipinski definition) is 3. The van der Waals surface area contributed by atoms with E-state index in [4.69, 9.17) is 0 Å². The summed E-state index contributed by atoms with van der Waals surface area (Å²) in [6.45, 7) is 1.77. The summed E-state index contributed by atoms with van der Waals surface area (Å²) >= 11 is 3.02. The molecule has 1 aliphatic carbocycles. The summed E-state index contributed by atoms with van der Waals surface area (Å²) in [7, 11) is 0. The molecule has 1 heterocycles. The first-order valence-electron chi connectivity index (χ1n) is 3.61. The molecule has 0 N–H and O–H groups in total. The van der Waals surface area contributed by atoms with E-state index in [1.54, 1.807) is 0 Å². The van der Waals surface area contributed by atoms with Gasteiger partial charge >= 0.3 is 0 Å². The predicted molar refractivity (Wildman–Crippen MR) is 46.7 cm³/mol. The van der Waals surface area contributed by atoms with Crippen LogP contribution in [0.2, 0.25) is 0 Å². The lowest BCUT2D eigenvalue weighted by Gasteiger charge is -2.08. The van der Waals surface area contributed by atoms with Crippen molar-refractivity contribution in [2.45, 2.75) is 0 Å². The Labute approximate surface area is 77.9 Å². The number of nitrogens with zero attached hydrogens (tertiary/aromatic N) is 1. The molecule has 12 heavy (non-hydrogen) atoms. The van der Waals surface area contributed by atoms with Crippen molar-refractivity contribution in [1.29, 1.82) is 0 Å². The van der Waals surface area contributed by atoms with Crippen molar-refractivity contribution in [3.63, 3.8) is 0 Å². The molecular formula is C8H6BrNO2. The molecule has 1 aliphatic heterocycles. The van der Waals surface area contributed by atoms with Crippen LogP contribution in [0.25, 0.3) is 0 Å². The van der Waals surface area contributed by atoms with Gasteiger partial charge in [-0.2, -0.15) is 0 Å². The summed E-state index contributed by atoms with van der Waals surface area (Å²) in [4.78, 5) is 24.2. The van der Waals surface area contributed by atoms with E-state index in [0.717, 1.165) is 13.1 Å². The smallest absolute Gasteiger partial charge is 0.203 e. The quantitative estimate of drug-likeness (QED) is 0.487. The summed E-state index contributed by atoms with van der Waals surface area (Å²) in [6, 6.07) is 0. The van der Waals surface area contributed by atoms with Crippen LogP contribution in [0, 0.1) is 0 Å². The summed E-state index contributed by atoms with van der Waals surface area (Å²) < 4.78 is 0.345. The molecule has 0 saturated carbocycles. The predicted octanol–water partition coefficient (Wildman–Crippen LogP) is 0.616. The number of hydrogen-bond donors (Lipinski definition) is 0. The molecule has 2 aliphatic rings. The molecule has 1 saturated heterocycles. The van der Waals surface area contributed by atoms with Crippen LogP contribution in [0.3, 0.4) is 0 Å². The number of rotatable bonds is 1. The van der Waals surface area contributed by atoms with Crippen LogP contribution in [-0.2, 0) is 9.59 Å². The third kappa shape index (κ3) is 1.22. The summed E-state index contributed by atoms with van der Waals surface area (Å²) in [5, 5.41) is 0. The molecule has 0 aromatic heterocycles. The van der Waals surface area contributed by atoms with Crippen LogP contribution < -0.4 is 0 Å². The second-order valence-electron chi connectivity index (χ2n) is 2.74. The van der Waals surface area contributed by atoms with Gasteiger partial charge in [-0.05, 0) is 15.9 Å². The first-order valence-corrected chi connectivity index (χ1v) is 4.40. The highest BCUT2D eigenvalue weighted by Gasteiger charge is 2.28. The normalized spacial score (nSPS) is 22.2. The van der Waals surface area contributed by atoms with Gasteiger partial charge in [0.1, 0.15) is 0 Å². The largest absolute Gasteiger partial charge is 0.365 e. The van der Waals surface area contributed by atoms with Gasteiger partial charge in [0, 0.05) is 25.2 Å². The van der Waals surface area contributed by atoms with Crippen molar-refractivity contribution in [3.05, 3.63) is 22.3 Å². The van der Waals surface area contributed by atoms with E-state index in [0.29, 0.717) is 10.2 Å². The molecule has 0 spiro atoms. The molecule has 2 rings (SSSR count). The van der Waals surface area contributed by atoms with Crippen LogP contribution in [0.4, 0.5) is 0 Å². The fraction of sp³-hybridized carbons (Fsp3) is 0.250. The zero-order valence-corrected chi connectivity index (χ0v) is 7.80. The minimum Gasteiger partial charge on any atom is -0.365 e. The number of ketones is 2. The molecule has 0 bridgehead atoms. The van der Waals surface area contributed by atoms with Gasteiger partial charge in [0.25, 0.3) is 0 Å². The molecule has 0 aromatic carbocycles. The van der Waals surface area contributed by atoms with Gasteiger partial charge in [-0.25, -0.2) is 0 Å². The molecule has 0 amide bonds. The number of carbonyl (C=O) groups excluding carboxylic acids is 2. The first kappa shape index (κ1) is 7.73. The highest BCUT2D eigenvalue weighted by Crippen LogP contribution is 2.22. The van der Waals surface area contributed by atoms with E-state index in [9.17, 15) is 9.59 Å². The Balaban J connectivity index is 2.31. The highest BCUT2D eigenvalue weighted by molar-refractivity contribution is 9.12. The fourth-order valence-electron chi connectivity index (χ4n) is 1.06. The van der Waals surface area contributed by atoms with Gasteiger partial charge in [0.05, 0.1) is 10.2 Å². The van der Waals surface area contributed by atoms with Gasteiger partial charge in [-0.3, -0.25) is 9.59 Å². The molecular weight excluding hydrogens is 222 g/mol. The van der Waals surface area contributed by atoms with Gasteiger partial charge in [-0.15, -0.1) is 0 Å². The van der Waals surface area contributed by atoms with Gasteiger partial charge in [0.15, 0.2) is 5.78 Å². The lowest BCUT2D eigenvalue weighted by atomic mass is 10.1. The third-order valence-corrected chi connectivity index (χ3v) is 2.42. The van der Waals surface area contributed by atoms with Crippen LogP contribution in [0.1, 0.15) is 0 Å². The fourth-order valence-corrected chi connectivity index (χ4v) is 1.38. The molecule has 62 valence electrons. The number of halogens is 1. The summed E-state index contributed by atoms with van der Waals surface area (Å²) in [6.07, 6.45) is 2.72. The van der Waals surface area contributed by atoms with E-state index in [2.05, 4.69) is 15.9 Å². The average Bonchev–Trinajstić information content (AvgIpc) is 2.79. The van der Waals surface area contributed by atoms with Gasteiger partial charge < -0.3 is 4.90 Å². The van der Waals surface area contributed by atoms with Gasteiger partial charge in [-0.1, -0.05) is 0 Å². The monoisotopic (exact) mass is 227 g/mol. The van der Waals surface area contributed by atoms with E-state index < -0.39 is 0 Å². The zero-order chi connectivity index (χ0) is 8.72. The zero-order valence-electron chi connectivity index (χ0n) is 6.21. The number of carbonyl (C=O) groups is 2. The molecule has 0 atom stereocenters. The Morgan fingerprint density at radius 1 is 1.17 bits per heavy atom. The SMILES string of the molecule is O=C1C=C(N2CC2)C(=O)C=C1Br. The second-order valence-corrected chi connectivity index (χ2v) is 3.59. The average molecular weight is 228 g/mol. The lowest BCUT2D eigenvalue weighted by Crippen LogP contribution is -2.15. The van der Waals surface area contributed by atoms with Crippen LogP contribution in [0.5, 0.6) is 0 Å².